The molecule has 0 amide bonds. The first kappa shape index (κ1) is 19.7. The molecule has 0 fully saturated rings. The first-order valence-electron chi connectivity index (χ1n) is 10.1. The number of sulfonamides is 1. The monoisotopic (exact) mass is 433 g/mol. The molecule has 7 nitrogen and oxygen atoms in total. The molecule has 2 aromatic heterocycles. The fourth-order valence-electron chi connectivity index (χ4n) is 4.06. The van der Waals surface area contributed by atoms with Crippen molar-refractivity contribution in [3.05, 3.63) is 71.5 Å². The number of aryl methyl sites for hydroxylation is 1. The molecule has 8 heteroatoms. The van der Waals surface area contributed by atoms with E-state index in [0.29, 0.717) is 19.5 Å². The number of pyridine rings is 1. The molecule has 1 aliphatic heterocycles. The maximum atomic E-state index is 11.9. The molecule has 3 heterocycles. The van der Waals surface area contributed by atoms with Crippen LogP contribution in [0, 0.1) is 6.92 Å². The van der Waals surface area contributed by atoms with Crippen molar-refractivity contribution < 1.29 is 8.42 Å². The van der Waals surface area contributed by atoms with Crippen LogP contribution in [0.15, 0.2) is 54.7 Å². The summed E-state index contributed by atoms with van der Waals surface area (Å²) in [5.74, 6) is 0.786. The van der Waals surface area contributed by atoms with Gasteiger partial charge in [-0.05, 0) is 48.7 Å². The summed E-state index contributed by atoms with van der Waals surface area (Å²) >= 11 is 0. The van der Waals surface area contributed by atoms with E-state index >= 15 is 0 Å². The number of nitrogens with zero attached hydrogens (tertiary/aromatic N) is 3. The van der Waals surface area contributed by atoms with E-state index in [1.165, 1.54) is 10.6 Å². The smallest absolute Gasteiger partial charge is 0.211 e. The van der Waals surface area contributed by atoms with Gasteiger partial charge < -0.3 is 10.3 Å². The zero-order valence-electron chi connectivity index (χ0n) is 17.4. The first-order chi connectivity index (χ1) is 14.9. The summed E-state index contributed by atoms with van der Waals surface area (Å²) in [4.78, 5) is 12.6. The summed E-state index contributed by atoms with van der Waals surface area (Å²) in [6.07, 6.45) is 3.74. The van der Waals surface area contributed by atoms with Crippen molar-refractivity contribution in [3.63, 3.8) is 0 Å². The maximum absolute atomic E-state index is 11.9. The highest BCUT2D eigenvalue weighted by molar-refractivity contribution is 7.88. The lowest BCUT2D eigenvalue weighted by atomic mass is 9.99. The number of nitrogens with one attached hydrogen (secondary N) is 2. The summed E-state index contributed by atoms with van der Waals surface area (Å²) in [5.41, 5.74) is 7.75. The first-order valence-corrected chi connectivity index (χ1v) is 12.0. The van der Waals surface area contributed by atoms with Gasteiger partial charge >= 0.3 is 0 Å². The number of para-hydroxylation sites is 2. The molecule has 0 bridgehead atoms. The number of benzene rings is 2. The number of rotatable bonds is 4. The molecule has 0 saturated heterocycles. The van der Waals surface area contributed by atoms with E-state index in [4.69, 9.17) is 4.98 Å². The number of imidazole rings is 1. The second kappa shape index (κ2) is 7.47. The molecular formula is C23H23N5O2S. The Bertz CT molecular complexity index is 1360. The van der Waals surface area contributed by atoms with Crippen LogP contribution in [0.2, 0.25) is 0 Å². The zero-order chi connectivity index (χ0) is 21.6. The molecule has 0 saturated carbocycles. The Morgan fingerprint density at radius 2 is 1.97 bits per heavy atom. The van der Waals surface area contributed by atoms with Gasteiger partial charge in [-0.3, -0.25) is 4.98 Å². The summed E-state index contributed by atoms with van der Waals surface area (Å²) in [6, 6.07) is 16.0. The average Bonchev–Trinajstić information content (AvgIpc) is 3.18. The SMILES string of the molecule is Cc1ncc(Nc2cccc3c2CCN(S(C)(=O)=O)C3)cc1-c1nc2ccccc2[nH]1. The number of hydrogen-bond acceptors (Lipinski definition) is 5. The highest BCUT2D eigenvalue weighted by Gasteiger charge is 2.24. The van der Waals surface area contributed by atoms with Crippen molar-refractivity contribution in [1.29, 1.82) is 0 Å². The summed E-state index contributed by atoms with van der Waals surface area (Å²) in [5, 5.41) is 3.48. The van der Waals surface area contributed by atoms with Crippen molar-refractivity contribution in [2.45, 2.75) is 19.9 Å². The Kier molecular flexibility index (Phi) is 4.75. The highest BCUT2D eigenvalue weighted by Crippen LogP contribution is 2.31. The quantitative estimate of drug-likeness (QED) is 0.508. The van der Waals surface area contributed by atoms with Gasteiger partial charge in [0.25, 0.3) is 0 Å². The normalized spacial score (nSPS) is 14.5. The lowest BCUT2D eigenvalue weighted by Crippen LogP contribution is -2.35. The third-order valence-electron chi connectivity index (χ3n) is 5.71. The Morgan fingerprint density at radius 3 is 2.77 bits per heavy atom. The third kappa shape index (κ3) is 3.80. The predicted octanol–water partition coefficient (Wildman–Crippen LogP) is 3.99. The lowest BCUT2D eigenvalue weighted by molar-refractivity contribution is 0.395. The molecule has 2 N–H and O–H groups in total. The standard InChI is InChI=1S/C23H23N5O2S/c1-15-19(23-26-21-7-3-4-8-22(21)27-23)12-17(13-24-15)25-20-9-5-6-16-14-28(31(2,29)30)11-10-18(16)20/h3-9,12-13,25H,10-11,14H2,1-2H3,(H,26,27). The van der Waals surface area contributed by atoms with Crippen molar-refractivity contribution in [3.8, 4) is 11.4 Å². The molecule has 31 heavy (non-hydrogen) atoms. The Labute approximate surface area is 181 Å². The van der Waals surface area contributed by atoms with Gasteiger partial charge in [-0.1, -0.05) is 24.3 Å². The molecule has 2 aromatic carbocycles. The molecule has 158 valence electrons. The van der Waals surface area contributed by atoms with E-state index in [9.17, 15) is 8.42 Å². The van der Waals surface area contributed by atoms with Gasteiger partial charge in [0.05, 0.1) is 29.2 Å². The minimum atomic E-state index is -3.20. The topological polar surface area (TPSA) is 91.0 Å². The van der Waals surface area contributed by atoms with Gasteiger partial charge in [0.2, 0.25) is 10.0 Å². The molecule has 4 aromatic rings. The lowest BCUT2D eigenvalue weighted by Gasteiger charge is -2.28. The van der Waals surface area contributed by atoms with Crippen molar-refractivity contribution >= 4 is 32.4 Å². The Balaban J connectivity index is 1.47. The summed E-state index contributed by atoms with van der Waals surface area (Å²) in [6.45, 7) is 2.86. The summed E-state index contributed by atoms with van der Waals surface area (Å²) in [7, 11) is -3.20. The van der Waals surface area contributed by atoms with E-state index in [-0.39, 0.29) is 0 Å². The fourth-order valence-corrected chi connectivity index (χ4v) is 4.86. The number of aromatic amines is 1. The largest absolute Gasteiger partial charge is 0.354 e. The number of hydrogen-bond donors (Lipinski definition) is 2. The van der Waals surface area contributed by atoms with Gasteiger partial charge in [-0.15, -0.1) is 0 Å². The van der Waals surface area contributed by atoms with E-state index in [1.54, 1.807) is 0 Å². The van der Waals surface area contributed by atoms with Crippen molar-refractivity contribution in [2.24, 2.45) is 0 Å². The van der Waals surface area contributed by atoms with E-state index in [1.807, 2.05) is 61.7 Å². The molecule has 0 radical (unpaired) electrons. The number of H-pyrrole nitrogens is 1. The minimum Gasteiger partial charge on any atom is -0.354 e. The zero-order valence-corrected chi connectivity index (χ0v) is 18.2. The van der Waals surface area contributed by atoms with Gasteiger partial charge in [-0.2, -0.15) is 4.31 Å². The van der Waals surface area contributed by atoms with E-state index in [2.05, 4.69) is 15.3 Å². The van der Waals surface area contributed by atoms with Crippen LogP contribution in [0.4, 0.5) is 11.4 Å². The number of aromatic nitrogens is 3. The molecule has 0 aliphatic carbocycles. The van der Waals surface area contributed by atoms with Crippen LogP contribution in [-0.2, 0) is 23.0 Å². The van der Waals surface area contributed by atoms with Gasteiger partial charge in [0, 0.05) is 30.0 Å². The fraction of sp³-hybridized carbons (Fsp3) is 0.217. The van der Waals surface area contributed by atoms with Crippen LogP contribution in [0.3, 0.4) is 0 Å². The van der Waals surface area contributed by atoms with Crippen molar-refractivity contribution in [2.75, 3.05) is 18.1 Å². The van der Waals surface area contributed by atoms with E-state index in [0.717, 1.165) is 50.6 Å². The van der Waals surface area contributed by atoms with Gasteiger partial charge in [-0.25, -0.2) is 13.4 Å². The molecule has 1 aliphatic rings. The molecule has 0 atom stereocenters. The average molecular weight is 434 g/mol. The highest BCUT2D eigenvalue weighted by atomic mass is 32.2. The van der Waals surface area contributed by atoms with Crippen LogP contribution in [0.25, 0.3) is 22.4 Å². The third-order valence-corrected chi connectivity index (χ3v) is 6.96. The van der Waals surface area contributed by atoms with Crippen LogP contribution in [-0.4, -0.2) is 40.5 Å². The van der Waals surface area contributed by atoms with Gasteiger partial charge in [0.1, 0.15) is 5.82 Å². The second-order valence-electron chi connectivity index (χ2n) is 7.87. The van der Waals surface area contributed by atoms with Gasteiger partial charge in [0.15, 0.2) is 0 Å². The second-order valence-corrected chi connectivity index (χ2v) is 9.86. The Hall–Kier alpha value is -3.23. The number of anilines is 2. The van der Waals surface area contributed by atoms with Crippen LogP contribution < -0.4 is 5.32 Å². The predicted molar refractivity (Wildman–Crippen MR) is 123 cm³/mol. The molecule has 5 rings (SSSR count). The molecule has 0 spiro atoms. The summed E-state index contributed by atoms with van der Waals surface area (Å²) < 4.78 is 25.4. The minimum absolute atomic E-state index is 0.403. The van der Waals surface area contributed by atoms with Crippen LogP contribution in [0.1, 0.15) is 16.8 Å². The number of fused-ring (bicyclic) bond motifs is 2. The molecular weight excluding hydrogens is 410 g/mol. The van der Waals surface area contributed by atoms with E-state index < -0.39 is 10.0 Å². The van der Waals surface area contributed by atoms with Crippen molar-refractivity contribution in [1.82, 2.24) is 19.3 Å². The Morgan fingerprint density at radius 1 is 1.13 bits per heavy atom. The molecule has 0 unspecified atom stereocenters. The van der Waals surface area contributed by atoms with Crippen LogP contribution in [0.5, 0.6) is 0 Å². The maximum Gasteiger partial charge on any atom is 0.211 e. The van der Waals surface area contributed by atoms with Crippen LogP contribution >= 0.6 is 0 Å².